The van der Waals surface area contributed by atoms with Crippen molar-refractivity contribution in [1.29, 1.82) is 0 Å². The molecule has 2 heterocycles. The third kappa shape index (κ3) is 1.79. The maximum absolute atomic E-state index is 5.91. The van der Waals surface area contributed by atoms with Gasteiger partial charge in [-0.3, -0.25) is 0 Å². The summed E-state index contributed by atoms with van der Waals surface area (Å²) < 4.78 is 0. The molecule has 2 aromatic heterocycles. The van der Waals surface area contributed by atoms with Crippen molar-refractivity contribution in [2.45, 2.75) is 0 Å². The largest absolute Gasteiger partial charge is 0.368 e. The molecule has 0 spiro atoms. The highest BCUT2D eigenvalue weighted by molar-refractivity contribution is 7.14. The molecule has 2 aromatic rings. The lowest BCUT2D eigenvalue weighted by Gasteiger charge is -1.98. The number of halogens is 2. The zero-order valence-corrected chi connectivity index (χ0v) is 9.07. The molecule has 0 amide bonds. The fourth-order valence-electron chi connectivity index (χ4n) is 0.920. The van der Waals surface area contributed by atoms with E-state index in [9.17, 15) is 0 Å². The van der Waals surface area contributed by atoms with Crippen LogP contribution < -0.4 is 5.73 Å². The van der Waals surface area contributed by atoms with Gasteiger partial charge in [-0.15, -0.1) is 11.3 Å². The summed E-state index contributed by atoms with van der Waals surface area (Å²) in [6.07, 6.45) is 0. The molecule has 0 fully saturated rings. The summed E-state index contributed by atoms with van der Waals surface area (Å²) in [6.45, 7) is 0. The number of hydrogen-bond acceptors (Lipinski definition) is 5. The molecule has 0 bridgehead atoms. The highest BCUT2D eigenvalue weighted by Crippen LogP contribution is 2.31. The minimum Gasteiger partial charge on any atom is -0.368 e. The average Bonchev–Trinajstić information content (AvgIpc) is 2.49. The molecule has 0 atom stereocenters. The second-order valence-electron chi connectivity index (χ2n) is 2.38. The van der Waals surface area contributed by atoms with Crippen molar-refractivity contribution < 1.29 is 0 Å². The summed E-state index contributed by atoms with van der Waals surface area (Å²) in [4.78, 5) is 12.3. The topological polar surface area (TPSA) is 64.7 Å². The lowest BCUT2D eigenvalue weighted by Crippen LogP contribution is -1.99. The second kappa shape index (κ2) is 3.68. The summed E-state index contributed by atoms with van der Waals surface area (Å²) >= 11 is 13.0. The van der Waals surface area contributed by atoms with E-state index in [1.807, 2.05) is 5.38 Å². The van der Waals surface area contributed by atoms with Gasteiger partial charge in [0.1, 0.15) is 0 Å². The normalized spacial score (nSPS) is 10.4. The Hall–Kier alpha value is -0.910. The van der Waals surface area contributed by atoms with Gasteiger partial charge in [-0.25, -0.2) is 0 Å². The molecule has 4 nitrogen and oxygen atoms in total. The molecule has 0 saturated carbocycles. The van der Waals surface area contributed by atoms with Crippen LogP contribution in [-0.2, 0) is 0 Å². The maximum Gasteiger partial charge on any atom is 0.227 e. The first-order chi connectivity index (χ1) is 6.66. The first-order valence-corrected chi connectivity index (χ1v) is 5.21. The van der Waals surface area contributed by atoms with E-state index in [4.69, 9.17) is 28.9 Å². The van der Waals surface area contributed by atoms with Crippen LogP contribution in [0.25, 0.3) is 10.7 Å². The van der Waals surface area contributed by atoms with Crippen LogP contribution in [-0.4, -0.2) is 15.0 Å². The van der Waals surface area contributed by atoms with Gasteiger partial charge < -0.3 is 5.73 Å². The Kier molecular flexibility index (Phi) is 2.54. The zero-order chi connectivity index (χ0) is 10.1. The Balaban J connectivity index is 2.57. The molecule has 2 rings (SSSR count). The molecule has 7 heteroatoms. The van der Waals surface area contributed by atoms with Crippen molar-refractivity contribution >= 4 is 40.5 Å². The van der Waals surface area contributed by atoms with Gasteiger partial charge in [0.05, 0.1) is 9.90 Å². The van der Waals surface area contributed by atoms with E-state index in [1.54, 1.807) is 6.07 Å². The molecule has 0 aromatic carbocycles. The van der Waals surface area contributed by atoms with E-state index in [0.29, 0.717) is 10.8 Å². The summed E-state index contributed by atoms with van der Waals surface area (Å²) in [5.74, 6) is 0.493. The van der Waals surface area contributed by atoms with Gasteiger partial charge in [-0.05, 0) is 23.0 Å². The van der Waals surface area contributed by atoms with E-state index in [1.165, 1.54) is 11.3 Å². The Morgan fingerprint density at radius 1 is 1.21 bits per heavy atom. The van der Waals surface area contributed by atoms with Gasteiger partial charge in [-0.2, -0.15) is 15.0 Å². The molecule has 72 valence electrons. The predicted octanol–water partition coefficient (Wildman–Crippen LogP) is 2.49. The SMILES string of the molecule is Nc1nc(Cl)nc(-c2sccc2Cl)n1. The zero-order valence-electron chi connectivity index (χ0n) is 6.74. The Bertz CT molecular complexity index is 450. The van der Waals surface area contributed by atoms with Gasteiger partial charge in [0.15, 0.2) is 5.82 Å². The summed E-state index contributed by atoms with van der Waals surface area (Å²) in [5.41, 5.74) is 5.43. The fourth-order valence-corrected chi connectivity index (χ4v) is 2.16. The van der Waals surface area contributed by atoms with Crippen LogP contribution in [0.5, 0.6) is 0 Å². The average molecular weight is 247 g/mol. The molecule has 2 N–H and O–H groups in total. The first-order valence-electron chi connectivity index (χ1n) is 3.57. The third-order valence-electron chi connectivity index (χ3n) is 1.45. The molecule has 14 heavy (non-hydrogen) atoms. The van der Waals surface area contributed by atoms with E-state index in [2.05, 4.69) is 15.0 Å². The van der Waals surface area contributed by atoms with Crippen molar-refractivity contribution in [3.8, 4) is 10.7 Å². The van der Waals surface area contributed by atoms with Gasteiger partial charge in [-0.1, -0.05) is 11.6 Å². The Morgan fingerprint density at radius 2 is 2.00 bits per heavy atom. The number of aromatic nitrogens is 3. The predicted molar refractivity (Wildman–Crippen MR) is 57.6 cm³/mol. The van der Waals surface area contributed by atoms with Crippen LogP contribution in [0.1, 0.15) is 0 Å². The second-order valence-corrected chi connectivity index (χ2v) is 4.05. The highest BCUT2D eigenvalue weighted by Gasteiger charge is 2.10. The van der Waals surface area contributed by atoms with E-state index >= 15 is 0 Å². The highest BCUT2D eigenvalue weighted by atomic mass is 35.5. The molecule has 0 unspecified atom stereocenters. The Labute approximate surface area is 93.7 Å². The number of hydrogen-bond donors (Lipinski definition) is 1. The van der Waals surface area contributed by atoms with Crippen LogP contribution in [0.15, 0.2) is 11.4 Å². The van der Waals surface area contributed by atoms with Crippen LogP contribution >= 0.6 is 34.5 Å². The van der Waals surface area contributed by atoms with E-state index in [-0.39, 0.29) is 11.2 Å². The summed E-state index contributed by atoms with van der Waals surface area (Å²) in [5, 5.41) is 2.49. The minimum absolute atomic E-state index is 0.0666. The van der Waals surface area contributed by atoms with Crippen LogP contribution in [0.2, 0.25) is 10.3 Å². The van der Waals surface area contributed by atoms with E-state index < -0.39 is 0 Å². The standard InChI is InChI=1S/C7H4Cl2N4S/c8-3-1-2-14-4(3)5-11-6(9)13-7(10)12-5/h1-2H,(H2,10,11,12,13). The van der Waals surface area contributed by atoms with Crippen LogP contribution in [0.4, 0.5) is 5.95 Å². The lowest BCUT2D eigenvalue weighted by molar-refractivity contribution is 1.08. The van der Waals surface area contributed by atoms with Crippen LogP contribution in [0.3, 0.4) is 0 Å². The number of anilines is 1. The number of nitrogens with two attached hydrogens (primary N) is 1. The van der Waals surface area contributed by atoms with Gasteiger partial charge in [0, 0.05) is 0 Å². The first kappa shape index (κ1) is 9.64. The van der Waals surface area contributed by atoms with Gasteiger partial charge >= 0.3 is 0 Å². The quantitative estimate of drug-likeness (QED) is 0.840. The monoisotopic (exact) mass is 246 g/mol. The molecular formula is C7H4Cl2N4S. The van der Waals surface area contributed by atoms with Crippen LogP contribution in [0, 0.1) is 0 Å². The van der Waals surface area contributed by atoms with Crippen molar-refractivity contribution in [3.63, 3.8) is 0 Å². The summed E-state index contributed by atoms with van der Waals surface area (Å²) in [6, 6.07) is 1.76. The van der Waals surface area contributed by atoms with Gasteiger partial charge in [0.2, 0.25) is 11.2 Å². The smallest absolute Gasteiger partial charge is 0.227 e. The fraction of sp³-hybridized carbons (Fsp3) is 0. The number of nitrogens with zero attached hydrogens (tertiary/aromatic N) is 3. The van der Waals surface area contributed by atoms with Crippen molar-refractivity contribution in [3.05, 3.63) is 21.8 Å². The summed E-state index contributed by atoms with van der Waals surface area (Å²) in [7, 11) is 0. The molecule has 0 radical (unpaired) electrons. The lowest BCUT2D eigenvalue weighted by atomic mass is 10.4. The maximum atomic E-state index is 5.91. The molecular weight excluding hydrogens is 243 g/mol. The Morgan fingerprint density at radius 3 is 2.57 bits per heavy atom. The third-order valence-corrected chi connectivity index (χ3v) is 2.95. The molecule has 0 saturated heterocycles. The van der Waals surface area contributed by atoms with Crippen molar-refractivity contribution in [1.82, 2.24) is 15.0 Å². The van der Waals surface area contributed by atoms with Crippen molar-refractivity contribution in [2.75, 3.05) is 5.73 Å². The number of nitrogen functional groups attached to an aromatic ring is 1. The van der Waals surface area contributed by atoms with E-state index in [0.717, 1.165) is 4.88 Å². The van der Waals surface area contributed by atoms with Gasteiger partial charge in [0.25, 0.3) is 0 Å². The number of rotatable bonds is 1. The minimum atomic E-state index is 0.0666. The number of thiophene rings is 1. The molecule has 0 aliphatic carbocycles. The van der Waals surface area contributed by atoms with Crippen molar-refractivity contribution in [2.24, 2.45) is 0 Å². The molecule has 0 aliphatic rings. The molecule has 0 aliphatic heterocycles.